The Morgan fingerprint density at radius 1 is 1.50 bits per heavy atom. The molecule has 12 heavy (non-hydrogen) atoms. The predicted molar refractivity (Wildman–Crippen MR) is 45.4 cm³/mol. The lowest BCUT2D eigenvalue weighted by Crippen LogP contribution is -2.08. The molecule has 1 N–H and O–H groups in total. The number of aryl methyl sites for hydroxylation is 1. The second-order valence-electron chi connectivity index (χ2n) is 2.43. The van der Waals surface area contributed by atoms with Crippen LogP contribution < -0.4 is 9.96 Å². The van der Waals surface area contributed by atoms with Crippen LogP contribution >= 0.6 is 0 Å². The van der Waals surface area contributed by atoms with E-state index in [9.17, 15) is 5.21 Å². The standard InChI is InChI=1S/C8H10NO3/c1-6-5-7(12-2)3-4-8(6)9(10)11/h3-5,10H,1-2H3/q-1. The highest BCUT2D eigenvalue weighted by Crippen LogP contribution is 2.22. The molecule has 0 radical (unpaired) electrons. The number of methoxy groups -OCH3 is 1. The molecule has 4 nitrogen and oxygen atoms in total. The number of anilines is 1. The maximum Gasteiger partial charge on any atom is 0.119 e. The summed E-state index contributed by atoms with van der Waals surface area (Å²) in [5.74, 6) is 0.665. The van der Waals surface area contributed by atoms with Crippen LogP contribution in [-0.4, -0.2) is 12.3 Å². The highest BCUT2D eigenvalue weighted by atomic mass is 16.8. The van der Waals surface area contributed by atoms with Gasteiger partial charge in [-0.05, 0) is 30.7 Å². The fourth-order valence-corrected chi connectivity index (χ4v) is 0.970. The van der Waals surface area contributed by atoms with Crippen molar-refractivity contribution in [3.05, 3.63) is 29.0 Å². The average Bonchev–Trinajstić information content (AvgIpc) is 2.03. The average molecular weight is 168 g/mol. The summed E-state index contributed by atoms with van der Waals surface area (Å²) in [5.41, 5.74) is 0.905. The Bertz CT molecular complexity index is 273. The molecule has 0 heterocycles. The first kappa shape index (κ1) is 8.83. The van der Waals surface area contributed by atoms with E-state index in [0.29, 0.717) is 11.3 Å². The minimum Gasteiger partial charge on any atom is -0.733 e. The van der Waals surface area contributed by atoms with Gasteiger partial charge in [-0.2, -0.15) is 0 Å². The third-order valence-electron chi connectivity index (χ3n) is 1.61. The van der Waals surface area contributed by atoms with E-state index >= 15 is 0 Å². The van der Waals surface area contributed by atoms with Crippen LogP contribution in [0.15, 0.2) is 18.2 Å². The van der Waals surface area contributed by atoms with Gasteiger partial charge in [0.2, 0.25) is 0 Å². The quantitative estimate of drug-likeness (QED) is 0.683. The molecule has 0 atom stereocenters. The molecule has 0 aromatic heterocycles. The Balaban J connectivity index is 3.03. The molecular weight excluding hydrogens is 158 g/mol. The van der Waals surface area contributed by atoms with Gasteiger partial charge in [0.1, 0.15) is 5.75 Å². The summed E-state index contributed by atoms with van der Waals surface area (Å²) in [6.07, 6.45) is 0. The molecule has 1 aromatic carbocycles. The molecule has 0 amide bonds. The summed E-state index contributed by atoms with van der Waals surface area (Å²) in [6, 6.07) is 4.79. The summed E-state index contributed by atoms with van der Waals surface area (Å²) in [6.45, 7) is 1.72. The van der Waals surface area contributed by atoms with Gasteiger partial charge in [0.05, 0.1) is 12.8 Å². The first-order valence-electron chi connectivity index (χ1n) is 3.46. The van der Waals surface area contributed by atoms with E-state index in [1.807, 2.05) is 0 Å². The maximum atomic E-state index is 10.5. The van der Waals surface area contributed by atoms with E-state index in [0.717, 1.165) is 0 Å². The Kier molecular flexibility index (Phi) is 2.52. The van der Waals surface area contributed by atoms with Gasteiger partial charge < -0.3 is 15.2 Å². The zero-order valence-corrected chi connectivity index (χ0v) is 6.94. The van der Waals surface area contributed by atoms with Crippen LogP contribution in [0.1, 0.15) is 5.56 Å². The van der Waals surface area contributed by atoms with Crippen molar-refractivity contribution in [2.24, 2.45) is 0 Å². The smallest absolute Gasteiger partial charge is 0.119 e. The first-order chi connectivity index (χ1) is 5.65. The Labute approximate surface area is 70.5 Å². The van der Waals surface area contributed by atoms with Crippen LogP contribution in [0.5, 0.6) is 5.75 Å². The topological polar surface area (TPSA) is 55.8 Å². The third kappa shape index (κ3) is 1.66. The lowest BCUT2D eigenvalue weighted by molar-refractivity contribution is 0.296. The van der Waals surface area contributed by atoms with Crippen molar-refractivity contribution in [2.45, 2.75) is 6.92 Å². The molecule has 1 rings (SSSR count). The number of hydrogen-bond donors (Lipinski definition) is 1. The van der Waals surface area contributed by atoms with Crippen LogP contribution in [0.4, 0.5) is 5.69 Å². The molecule has 0 unspecified atom stereocenters. The Morgan fingerprint density at radius 3 is 2.58 bits per heavy atom. The van der Waals surface area contributed by atoms with E-state index in [-0.39, 0.29) is 10.9 Å². The Morgan fingerprint density at radius 2 is 2.17 bits per heavy atom. The van der Waals surface area contributed by atoms with Crippen LogP contribution in [0.25, 0.3) is 0 Å². The molecule has 0 aliphatic heterocycles. The summed E-state index contributed by atoms with van der Waals surface area (Å²) in [5, 5.41) is 18.9. The molecule has 0 bridgehead atoms. The fourth-order valence-electron chi connectivity index (χ4n) is 0.970. The molecule has 0 fully saturated rings. The Hall–Kier alpha value is -1.26. The van der Waals surface area contributed by atoms with Crippen LogP contribution in [0, 0.1) is 12.1 Å². The van der Waals surface area contributed by atoms with Crippen LogP contribution in [0.2, 0.25) is 0 Å². The zero-order valence-electron chi connectivity index (χ0n) is 6.94. The van der Waals surface area contributed by atoms with Gasteiger partial charge in [-0.3, -0.25) is 5.21 Å². The normalized spacial score (nSPS) is 9.67. The molecule has 0 aliphatic rings. The second kappa shape index (κ2) is 3.42. The SMILES string of the molecule is COc1ccc(N([O-])O)c(C)c1. The molecule has 0 saturated heterocycles. The highest BCUT2D eigenvalue weighted by Gasteiger charge is 1.99. The zero-order chi connectivity index (χ0) is 9.14. The van der Waals surface area contributed by atoms with Crippen LogP contribution in [0.3, 0.4) is 0 Å². The fraction of sp³-hybridized carbons (Fsp3) is 0.250. The van der Waals surface area contributed by atoms with Gasteiger partial charge in [-0.15, -0.1) is 0 Å². The van der Waals surface area contributed by atoms with Crippen molar-refractivity contribution in [1.29, 1.82) is 0 Å². The van der Waals surface area contributed by atoms with Crippen molar-refractivity contribution in [1.82, 2.24) is 0 Å². The van der Waals surface area contributed by atoms with Gasteiger partial charge in [-0.1, -0.05) is 0 Å². The summed E-state index contributed by atoms with van der Waals surface area (Å²) >= 11 is 0. The van der Waals surface area contributed by atoms with Crippen molar-refractivity contribution in [2.75, 3.05) is 12.3 Å². The molecule has 66 valence electrons. The maximum absolute atomic E-state index is 10.5. The molecule has 0 aliphatic carbocycles. The van der Waals surface area contributed by atoms with Crippen LogP contribution in [-0.2, 0) is 0 Å². The number of rotatable bonds is 2. The van der Waals surface area contributed by atoms with E-state index in [1.165, 1.54) is 6.07 Å². The largest absolute Gasteiger partial charge is 0.733 e. The molecular formula is C8H10NO3-. The summed E-state index contributed by atoms with van der Waals surface area (Å²) in [4.78, 5) is 0. The van der Waals surface area contributed by atoms with E-state index in [1.54, 1.807) is 26.2 Å². The van der Waals surface area contributed by atoms with E-state index in [2.05, 4.69) is 0 Å². The van der Waals surface area contributed by atoms with E-state index in [4.69, 9.17) is 9.94 Å². The lowest BCUT2D eigenvalue weighted by atomic mass is 10.2. The minimum absolute atomic E-state index is 0.158. The van der Waals surface area contributed by atoms with Gasteiger partial charge in [0.15, 0.2) is 0 Å². The molecule has 1 aromatic rings. The summed E-state index contributed by atoms with van der Waals surface area (Å²) in [7, 11) is 1.54. The number of benzene rings is 1. The first-order valence-corrected chi connectivity index (χ1v) is 3.46. The summed E-state index contributed by atoms with van der Waals surface area (Å²) < 4.78 is 4.93. The predicted octanol–water partition coefficient (Wildman–Crippen LogP) is 1.70. The third-order valence-corrected chi connectivity index (χ3v) is 1.61. The number of hydrogen-bond acceptors (Lipinski definition) is 4. The monoisotopic (exact) mass is 168 g/mol. The molecule has 0 spiro atoms. The van der Waals surface area contributed by atoms with E-state index < -0.39 is 0 Å². The molecule has 4 heteroatoms. The number of nitrogens with zero attached hydrogens (tertiary/aromatic N) is 1. The van der Waals surface area contributed by atoms with Crippen molar-refractivity contribution < 1.29 is 9.94 Å². The van der Waals surface area contributed by atoms with Crippen molar-refractivity contribution in [3.63, 3.8) is 0 Å². The minimum atomic E-state index is -0.158. The molecule has 0 saturated carbocycles. The van der Waals surface area contributed by atoms with Crippen molar-refractivity contribution in [3.8, 4) is 5.75 Å². The lowest BCUT2D eigenvalue weighted by Gasteiger charge is -2.23. The van der Waals surface area contributed by atoms with Crippen molar-refractivity contribution >= 4 is 5.69 Å². The van der Waals surface area contributed by atoms with Gasteiger partial charge in [0.25, 0.3) is 0 Å². The number of ether oxygens (including phenoxy) is 1. The second-order valence-corrected chi connectivity index (χ2v) is 2.43. The van der Waals surface area contributed by atoms with Gasteiger partial charge in [0, 0.05) is 0 Å². The van der Waals surface area contributed by atoms with Gasteiger partial charge in [-0.25, -0.2) is 0 Å². The van der Waals surface area contributed by atoms with Gasteiger partial charge >= 0.3 is 0 Å². The highest BCUT2D eigenvalue weighted by molar-refractivity contribution is 5.54.